The Morgan fingerprint density at radius 3 is 2.38 bits per heavy atom. The van der Waals surface area contributed by atoms with E-state index in [9.17, 15) is 9.59 Å². The van der Waals surface area contributed by atoms with Crippen LogP contribution in [0.5, 0.6) is 23.0 Å². The fourth-order valence-corrected chi connectivity index (χ4v) is 2.91. The number of carbonyl (C=O) groups excluding carboxylic acids is 1. The summed E-state index contributed by atoms with van der Waals surface area (Å²) in [5.41, 5.74) is 1.28. The van der Waals surface area contributed by atoms with E-state index in [0.29, 0.717) is 41.6 Å². The Bertz CT molecular complexity index is 1070. The van der Waals surface area contributed by atoms with E-state index in [2.05, 4.69) is 4.99 Å². The van der Waals surface area contributed by atoms with Gasteiger partial charge in [-0.3, -0.25) is 0 Å². The molecular weight excluding hydrogens is 418 g/mol. The third-order valence-electron chi connectivity index (χ3n) is 4.25. The van der Waals surface area contributed by atoms with Crippen molar-refractivity contribution in [1.29, 1.82) is 0 Å². The van der Waals surface area contributed by atoms with Gasteiger partial charge in [0.25, 0.3) is 0 Å². The van der Waals surface area contributed by atoms with Crippen LogP contribution in [0.15, 0.2) is 47.1 Å². The van der Waals surface area contributed by atoms with Gasteiger partial charge in [0.1, 0.15) is 0 Å². The molecule has 168 valence electrons. The lowest BCUT2D eigenvalue weighted by Crippen LogP contribution is -2.10. The average Bonchev–Trinajstić information content (AvgIpc) is 3.14. The summed E-state index contributed by atoms with van der Waals surface area (Å²) in [4.78, 5) is 27.4. The van der Waals surface area contributed by atoms with Crippen molar-refractivity contribution in [3.63, 3.8) is 0 Å². The summed E-state index contributed by atoms with van der Waals surface area (Å²) >= 11 is 0. The molecule has 0 radical (unpaired) electrons. The fourth-order valence-electron chi connectivity index (χ4n) is 2.91. The normalized spacial score (nSPS) is 14.0. The molecule has 0 saturated heterocycles. The van der Waals surface area contributed by atoms with E-state index in [1.54, 1.807) is 36.4 Å². The smallest absolute Gasteiger partial charge is 0.363 e. The highest BCUT2D eigenvalue weighted by Gasteiger charge is 2.25. The first-order chi connectivity index (χ1) is 15.4. The van der Waals surface area contributed by atoms with Gasteiger partial charge >= 0.3 is 11.9 Å². The molecular formula is C23H23NO8. The number of rotatable bonds is 10. The lowest BCUT2D eigenvalue weighted by Gasteiger charge is -2.11. The molecule has 1 heterocycles. The summed E-state index contributed by atoms with van der Waals surface area (Å²) in [5.74, 6) is 0.171. The predicted octanol–water partition coefficient (Wildman–Crippen LogP) is 3.30. The number of ether oxygens (including phenoxy) is 5. The monoisotopic (exact) mass is 441 g/mol. The summed E-state index contributed by atoms with van der Waals surface area (Å²) in [6, 6.07) is 10.00. The molecule has 0 fully saturated rings. The van der Waals surface area contributed by atoms with Crippen LogP contribution in [-0.2, 0) is 14.3 Å². The molecule has 0 spiro atoms. The summed E-state index contributed by atoms with van der Waals surface area (Å²) in [6.07, 6.45) is 1.54. The van der Waals surface area contributed by atoms with Crippen molar-refractivity contribution in [1.82, 2.24) is 0 Å². The molecule has 2 aromatic rings. The Balaban J connectivity index is 1.87. The van der Waals surface area contributed by atoms with E-state index in [-0.39, 0.29) is 17.3 Å². The van der Waals surface area contributed by atoms with Gasteiger partial charge in [-0.25, -0.2) is 14.6 Å². The van der Waals surface area contributed by atoms with Gasteiger partial charge in [-0.1, -0.05) is 6.07 Å². The quantitative estimate of drug-likeness (QED) is 0.441. The topological polar surface area (TPSA) is 113 Å². The first kappa shape index (κ1) is 22.7. The molecule has 1 aliphatic rings. The zero-order chi connectivity index (χ0) is 23.1. The Hall–Kier alpha value is -4.01. The highest BCUT2D eigenvalue weighted by Crippen LogP contribution is 2.32. The van der Waals surface area contributed by atoms with E-state index < -0.39 is 18.5 Å². The van der Waals surface area contributed by atoms with Crippen LogP contribution in [0.25, 0.3) is 6.08 Å². The standard InChI is InChI=1S/C23H23NO8/c1-4-29-18-9-7-15(12-20(18)30-5-2)22-24-16(23(27)32-22)10-14-6-8-17(19(11-14)28-3)31-13-21(25)26/h6-12H,4-5,13H2,1-3H3,(H,25,26)/b16-10-. The zero-order valence-electron chi connectivity index (χ0n) is 17.9. The number of cyclic esters (lactones) is 1. The highest BCUT2D eigenvalue weighted by atomic mass is 16.6. The van der Waals surface area contributed by atoms with Gasteiger partial charge in [0.2, 0.25) is 5.90 Å². The molecule has 1 aliphatic heterocycles. The largest absolute Gasteiger partial charge is 0.493 e. The molecule has 0 atom stereocenters. The summed E-state index contributed by atoms with van der Waals surface area (Å²) in [7, 11) is 1.43. The van der Waals surface area contributed by atoms with Gasteiger partial charge in [0, 0.05) is 5.56 Å². The van der Waals surface area contributed by atoms with Crippen molar-refractivity contribution in [2.75, 3.05) is 26.9 Å². The third-order valence-corrected chi connectivity index (χ3v) is 4.25. The van der Waals surface area contributed by atoms with Crippen molar-refractivity contribution >= 4 is 23.9 Å². The Morgan fingerprint density at radius 1 is 1.00 bits per heavy atom. The Kier molecular flexibility index (Phi) is 7.33. The van der Waals surface area contributed by atoms with E-state index in [0.717, 1.165) is 0 Å². The van der Waals surface area contributed by atoms with Crippen molar-refractivity contribution in [3.8, 4) is 23.0 Å². The van der Waals surface area contributed by atoms with Crippen LogP contribution in [0.4, 0.5) is 0 Å². The van der Waals surface area contributed by atoms with Crippen LogP contribution in [0.1, 0.15) is 25.0 Å². The van der Waals surface area contributed by atoms with Gasteiger partial charge in [0.05, 0.1) is 20.3 Å². The van der Waals surface area contributed by atoms with Crippen LogP contribution < -0.4 is 18.9 Å². The first-order valence-corrected chi connectivity index (χ1v) is 9.90. The summed E-state index contributed by atoms with van der Waals surface area (Å²) < 4.78 is 26.9. The van der Waals surface area contributed by atoms with Crippen molar-refractivity contribution < 1.29 is 38.4 Å². The number of carboxylic acids is 1. The number of carboxylic acid groups (broad SMARTS) is 1. The maximum atomic E-state index is 12.4. The minimum atomic E-state index is -1.10. The molecule has 2 aromatic carbocycles. The van der Waals surface area contributed by atoms with Gasteiger partial charge in [-0.2, -0.15) is 0 Å². The van der Waals surface area contributed by atoms with E-state index in [1.165, 1.54) is 13.2 Å². The minimum Gasteiger partial charge on any atom is -0.493 e. The molecule has 0 unspecified atom stereocenters. The van der Waals surface area contributed by atoms with E-state index in [4.69, 9.17) is 28.8 Å². The van der Waals surface area contributed by atoms with Crippen molar-refractivity contribution in [2.24, 2.45) is 4.99 Å². The van der Waals surface area contributed by atoms with Crippen LogP contribution in [0.2, 0.25) is 0 Å². The number of carbonyl (C=O) groups is 2. The number of nitrogens with zero attached hydrogens (tertiary/aromatic N) is 1. The van der Waals surface area contributed by atoms with Crippen LogP contribution in [0, 0.1) is 0 Å². The number of esters is 1. The lowest BCUT2D eigenvalue weighted by atomic mass is 10.1. The number of hydrogen-bond acceptors (Lipinski definition) is 8. The SMILES string of the molecule is CCOc1ccc(C2=N/C(=C\c3ccc(OCC(=O)O)c(OC)c3)C(=O)O2)cc1OCC. The molecule has 9 heteroatoms. The molecule has 0 aromatic heterocycles. The number of aliphatic carboxylic acids is 1. The maximum Gasteiger partial charge on any atom is 0.363 e. The number of aliphatic imine (C=N–C) groups is 1. The molecule has 3 rings (SSSR count). The maximum absolute atomic E-state index is 12.4. The number of methoxy groups -OCH3 is 1. The van der Waals surface area contributed by atoms with Crippen LogP contribution >= 0.6 is 0 Å². The second-order valence-electron chi connectivity index (χ2n) is 6.46. The van der Waals surface area contributed by atoms with Gasteiger partial charge in [-0.05, 0) is 55.8 Å². The number of benzene rings is 2. The molecule has 0 aliphatic carbocycles. The Labute approximate surface area is 184 Å². The van der Waals surface area contributed by atoms with Gasteiger partial charge in [0.15, 0.2) is 35.3 Å². The molecule has 1 N–H and O–H groups in total. The first-order valence-electron chi connectivity index (χ1n) is 9.90. The second-order valence-corrected chi connectivity index (χ2v) is 6.46. The average molecular weight is 441 g/mol. The van der Waals surface area contributed by atoms with Crippen molar-refractivity contribution in [3.05, 3.63) is 53.2 Å². The van der Waals surface area contributed by atoms with Crippen LogP contribution in [-0.4, -0.2) is 49.9 Å². The highest BCUT2D eigenvalue weighted by molar-refractivity contribution is 6.13. The lowest BCUT2D eigenvalue weighted by molar-refractivity contribution is -0.139. The number of hydrogen-bond donors (Lipinski definition) is 1. The summed E-state index contributed by atoms with van der Waals surface area (Å²) in [6.45, 7) is 4.19. The summed E-state index contributed by atoms with van der Waals surface area (Å²) in [5, 5.41) is 8.76. The van der Waals surface area contributed by atoms with E-state index >= 15 is 0 Å². The molecule has 0 amide bonds. The second kappa shape index (κ2) is 10.3. The molecule has 32 heavy (non-hydrogen) atoms. The third kappa shape index (κ3) is 5.37. The van der Waals surface area contributed by atoms with Crippen molar-refractivity contribution in [2.45, 2.75) is 13.8 Å². The molecule has 0 bridgehead atoms. The minimum absolute atomic E-state index is 0.105. The Morgan fingerprint density at radius 2 is 1.69 bits per heavy atom. The zero-order valence-corrected chi connectivity index (χ0v) is 17.9. The van der Waals surface area contributed by atoms with E-state index in [1.807, 2.05) is 13.8 Å². The van der Waals surface area contributed by atoms with Gasteiger partial charge < -0.3 is 28.8 Å². The predicted molar refractivity (Wildman–Crippen MR) is 116 cm³/mol. The van der Waals surface area contributed by atoms with Gasteiger partial charge in [-0.15, -0.1) is 0 Å². The molecule has 9 nitrogen and oxygen atoms in total. The van der Waals surface area contributed by atoms with Crippen LogP contribution in [0.3, 0.4) is 0 Å². The fraction of sp³-hybridized carbons (Fsp3) is 0.261. The molecule has 0 saturated carbocycles.